The van der Waals surface area contributed by atoms with Crippen LogP contribution in [0.2, 0.25) is 0 Å². The van der Waals surface area contributed by atoms with Crippen LogP contribution >= 0.6 is 0 Å². The number of ether oxygens (including phenoxy) is 3. The Labute approximate surface area is 62.2 Å². The minimum absolute atomic E-state index is 0.0235. The van der Waals surface area contributed by atoms with E-state index in [-0.39, 0.29) is 6.42 Å². The molecule has 5 nitrogen and oxygen atoms in total. The molecule has 2 heterocycles. The summed E-state index contributed by atoms with van der Waals surface area (Å²) in [6.07, 6.45) is -0.716. The predicted octanol–water partition coefficient (Wildman–Crippen LogP) is -0.799. The number of methoxy groups -OCH3 is 1. The topological polar surface area (TPSA) is 65.1 Å². The minimum Gasteiger partial charge on any atom is -0.467 e. The van der Waals surface area contributed by atoms with Gasteiger partial charge in [-0.1, -0.05) is 0 Å². The Kier molecular flexibility index (Phi) is 1.04. The molecule has 2 aliphatic heterocycles. The summed E-state index contributed by atoms with van der Waals surface area (Å²) >= 11 is 0. The molecule has 60 valence electrons. The molecule has 0 bridgehead atoms. The SMILES string of the molecule is COC(=O)C12CC(=O)OC1O2. The van der Waals surface area contributed by atoms with E-state index < -0.39 is 23.8 Å². The highest BCUT2D eigenvalue weighted by molar-refractivity contribution is 5.92. The second-order valence-electron chi connectivity index (χ2n) is 2.50. The lowest BCUT2D eigenvalue weighted by Crippen LogP contribution is -2.26. The van der Waals surface area contributed by atoms with E-state index >= 15 is 0 Å². The van der Waals surface area contributed by atoms with Crippen LogP contribution in [0.5, 0.6) is 0 Å². The van der Waals surface area contributed by atoms with Crippen molar-refractivity contribution in [2.75, 3.05) is 7.11 Å². The smallest absolute Gasteiger partial charge is 0.345 e. The normalized spacial score (nSPS) is 39.4. The number of carbonyl (C=O) groups is 2. The van der Waals surface area contributed by atoms with Gasteiger partial charge in [-0.05, 0) is 0 Å². The summed E-state index contributed by atoms with van der Waals surface area (Å²) in [4.78, 5) is 21.5. The molecule has 0 spiro atoms. The van der Waals surface area contributed by atoms with Gasteiger partial charge in [0.25, 0.3) is 0 Å². The molecule has 2 saturated heterocycles. The first-order valence-electron chi connectivity index (χ1n) is 3.15. The monoisotopic (exact) mass is 158 g/mol. The first-order valence-corrected chi connectivity index (χ1v) is 3.15. The summed E-state index contributed by atoms with van der Waals surface area (Å²) in [6.45, 7) is 0. The fourth-order valence-corrected chi connectivity index (χ4v) is 1.17. The zero-order chi connectivity index (χ0) is 8.06. The van der Waals surface area contributed by atoms with E-state index in [1.54, 1.807) is 0 Å². The molecular weight excluding hydrogens is 152 g/mol. The van der Waals surface area contributed by atoms with Crippen molar-refractivity contribution in [1.82, 2.24) is 0 Å². The number of esters is 2. The van der Waals surface area contributed by atoms with E-state index in [2.05, 4.69) is 9.47 Å². The predicted molar refractivity (Wildman–Crippen MR) is 30.3 cm³/mol. The number of epoxide rings is 1. The number of hydrogen-bond acceptors (Lipinski definition) is 5. The van der Waals surface area contributed by atoms with Gasteiger partial charge in [0.15, 0.2) is 0 Å². The van der Waals surface area contributed by atoms with Crippen LogP contribution in [0.15, 0.2) is 0 Å². The van der Waals surface area contributed by atoms with E-state index in [0.29, 0.717) is 0 Å². The van der Waals surface area contributed by atoms with Crippen molar-refractivity contribution in [3.05, 3.63) is 0 Å². The molecule has 0 saturated carbocycles. The van der Waals surface area contributed by atoms with Crippen molar-refractivity contribution in [3.8, 4) is 0 Å². The molecule has 2 aliphatic rings. The van der Waals surface area contributed by atoms with Crippen molar-refractivity contribution in [2.24, 2.45) is 0 Å². The summed E-state index contributed by atoms with van der Waals surface area (Å²) in [5, 5.41) is 0. The van der Waals surface area contributed by atoms with Crippen molar-refractivity contribution >= 4 is 11.9 Å². The first-order chi connectivity index (χ1) is 5.19. The molecule has 0 aliphatic carbocycles. The molecule has 11 heavy (non-hydrogen) atoms. The van der Waals surface area contributed by atoms with Gasteiger partial charge in [0, 0.05) is 0 Å². The Morgan fingerprint density at radius 1 is 1.82 bits per heavy atom. The Morgan fingerprint density at radius 3 is 3.00 bits per heavy atom. The van der Waals surface area contributed by atoms with E-state index in [1.165, 1.54) is 7.11 Å². The lowest BCUT2D eigenvalue weighted by atomic mass is 10.1. The Bertz CT molecular complexity index is 235. The molecule has 0 aromatic heterocycles. The van der Waals surface area contributed by atoms with E-state index in [0.717, 1.165) is 0 Å². The third-order valence-corrected chi connectivity index (χ3v) is 1.82. The summed E-state index contributed by atoms with van der Waals surface area (Å²) in [5.74, 6) is -0.944. The number of hydrogen-bond donors (Lipinski definition) is 0. The molecule has 0 N–H and O–H groups in total. The molecule has 0 amide bonds. The first kappa shape index (κ1) is 6.60. The summed E-state index contributed by atoms with van der Waals surface area (Å²) in [6, 6.07) is 0. The zero-order valence-corrected chi connectivity index (χ0v) is 5.83. The average Bonchev–Trinajstić information content (AvgIpc) is 2.55. The van der Waals surface area contributed by atoms with Crippen molar-refractivity contribution < 1.29 is 23.8 Å². The molecule has 5 heteroatoms. The molecule has 0 aromatic rings. The molecule has 2 rings (SSSR count). The average molecular weight is 158 g/mol. The van der Waals surface area contributed by atoms with Gasteiger partial charge in [-0.3, -0.25) is 4.79 Å². The van der Waals surface area contributed by atoms with Crippen molar-refractivity contribution in [2.45, 2.75) is 18.3 Å². The van der Waals surface area contributed by atoms with Crippen LogP contribution in [0.3, 0.4) is 0 Å². The third kappa shape index (κ3) is 0.683. The second kappa shape index (κ2) is 1.73. The number of fused-ring (bicyclic) bond motifs is 1. The van der Waals surface area contributed by atoms with Gasteiger partial charge in [-0.2, -0.15) is 0 Å². The summed E-state index contributed by atoms with van der Waals surface area (Å²) < 4.78 is 13.9. The van der Waals surface area contributed by atoms with Crippen molar-refractivity contribution in [1.29, 1.82) is 0 Å². The Balaban J connectivity index is 2.15. The maximum atomic E-state index is 10.9. The third-order valence-electron chi connectivity index (χ3n) is 1.82. The Morgan fingerprint density at radius 2 is 2.55 bits per heavy atom. The highest BCUT2D eigenvalue weighted by atomic mass is 16.8. The maximum absolute atomic E-state index is 10.9. The molecular formula is C6H6O5. The fraction of sp³-hybridized carbons (Fsp3) is 0.667. The zero-order valence-electron chi connectivity index (χ0n) is 5.83. The van der Waals surface area contributed by atoms with Crippen LogP contribution in [0.25, 0.3) is 0 Å². The van der Waals surface area contributed by atoms with Gasteiger partial charge < -0.3 is 14.2 Å². The quantitative estimate of drug-likeness (QED) is 0.369. The minimum atomic E-state index is -1.09. The van der Waals surface area contributed by atoms with Crippen LogP contribution in [0, 0.1) is 0 Å². The van der Waals surface area contributed by atoms with Gasteiger partial charge in [-0.15, -0.1) is 0 Å². The highest BCUT2D eigenvalue weighted by Crippen LogP contribution is 2.47. The summed E-state index contributed by atoms with van der Waals surface area (Å²) in [5.41, 5.74) is -1.09. The Hall–Kier alpha value is -1.10. The molecule has 2 atom stereocenters. The fourth-order valence-electron chi connectivity index (χ4n) is 1.17. The van der Waals surface area contributed by atoms with Crippen LogP contribution < -0.4 is 0 Å². The van der Waals surface area contributed by atoms with Crippen LogP contribution in [0.4, 0.5) is 0 Å². The van der Waals surface area contributed by atoms with E-state index in [1.807, 2.05) is 0 Å². The molecule has 2 unspecified atom stereocenters. The van der Waals surface area contributed by atoms with E-state index in [9.17, 15) is 9.59 Å². The van der Waals surface area contributed by atoms with Crippen LogP contribution in [0.1, 0.15) is 6.42 Å². The van der Waals surface area contributed by atoms with Gasteiger partial charge >= 0.3 is 11.9 Å². The van der Waals surface area contributed by atoms with E-state index in [4.69, 9.17) is 4.74 Å². The highest BCUT2D eigenvalue weighted by Gasteiger charge is 2.72. The van der Waals surface area contributed by atoms with Gasteiger partial charge in [-0.25, -0.2) is 4.79 Å². The molecule has 2 fully saturated rings. The second-order valence-corrected chi connectivity index (χ2v) is 2.50. The van der Waals surface area contributed by atoms with Gasteiger partial charge in [0.05, 0.1) is 13.5 Å². The van der Waals surface area contributed by atoms with Crippen molar-refractivity contribution in [3.63, 3.8) is 0 Å². The van der Waals surface area contributed by atoms with Gasteiger partial charge in [0.1, 0.15) is 0 Å². The number of carbonyl (C=O) groups excluding carboxylic acids is 2. The molecule has 0 aromatic carbocycles. The molecule has 0 radical (unpaired) electrons. The lowest BCUT2D eigenvalue weighted by molar-refractivity contribution is -0.153. The standard InChI is InChI=1S/C6H6O5/c1-9-4(8)6-2-3(7)10-5(6)11-6/h5H,2H2,1H3. The number of rotatable bonds is 1. The maximum Gasteiger partial charge on any atom is 0.345 e. The summed E-state index contributed by atoms with van der Waals surface area (Å²) in [7, 11) is 1.25. The van der Waals surface area contributed by atoms with Crippen LogP contribution in [-0.2, 0) is 23.8 Å². The largest absolute Gasteiger partial charge is 0.467 e. The van der Waals surface area contributed by atoms with Crippen LogP contribution in [-0.4, -0.2) is 30.9 Å². The lowest BCUT2D eigenvalue weighted by Gasteiger charge is -2.00. The van der Waals surface area contributed by atoms with Gasteiger partial charge in [0.2, 0.25) is 11.9 Å².